The van der Waals surface area contributed by atoms with Crippen molar-refractivity contribution in [3.05, 3.63) is 18.0 Å². The first-order valence-corrected chi connectivity index (χ1v) is 7.01. The molecule has 1 atom stereocenters. The van der Waals surface area contributed by atoms with Crippen molar-refractivity contribution in [3.8, 4) is 0 Å². The third kappa shape index (κ3) is 3.32. The van der Waals surface area contributed by atoms with Gasteiger partial charge in [-0.15, -0.1) is 0 Å². The maximum atomic E-state index is 10.3. The summed E-state index contributed by atoms with van der Waals surface area (Å²) in [5.74, 6) is 0.712. The second-order valence-corrected chi connectivity index (χ2v) is 5.23. The highest BCUT2D eigenvalue weighted by Gasteiger charge is 2.20. The maximum Gasteiger partial charge on any atom is 0.0959 e. The molecular weight excluding hydrogens is 212 g/mol. The Morgan fingerprint density at radius 3 is 2.88 bits per heavy atom. The van der Waals surface area contributed by atoms with Crippen LogP contribution in [0.5, 0.6) is 0 Å². The average Bonchev–Trinajstić information content (AvgIpc) is 2.79. The van der Waals surface area contributed by atoms with Crippen LogP contribution in [0.1, 0.15) is 63.7 Å². The van der Waals surface area contributed by atoms with Gasteiger partial charge in [-0.1, -0.05) is 39.0 Å². The lowest BCUT2D eigenvalue weighted by Gasteiger charge is -2.24. The largest absolute Gasteiger partial charge is 0.387 e. The molecule has 0 saturated heterocycles. The van der Waals surface area contributed by atoms with Crippen molar-refractivity contribution in [1.82, 2.24) is 9.78 Å². The van der Waals surface area contributed by atoms with Crippen LogP contribution >= 0.6 is 0 Å². The maximum absolute atomic E-state index is 10.3. The summed E-state index contributed by atoms with van der Waals surface area (Å²) in [5, 5.41) is 14.6. The van der Waals surface area contributed by atoms with Crippen LogP contribution in [0, 0.1) is 5.92 Å². The predicted molar refractivity (Wildman–Crippen MR) is 68.7 cm³/mol. The fraction of sp³-hybridized carbons (Fsp3) is 0.786. The van der Waals surface area contributed by atoms with Crippen molar-refractivity contribution in [2.45, 2.75) is 64.5 Å². The average molecular weight is 236 g/mol. The normalized spacial score (nSPS) is 19.4. The minimum atomic E-state index is -0.327. The Morgan fingerprint density at radius 2 is 2.18 bits per heavy atom. The van der Waals surface area contributed by atoms with Crippen molar-refractivity contribution in [1.29, 1.82) is 0 Å². The summed E-state index contributed by atoms with van der Waals surface area (Å²) < 4.78 is 1.95. The Labute approximate surface area is 104 Å². The molecular formula is C14H24N2O. The summed E-state index contributed by atoms with van der Waals surface area (Å²) in [6.07, 6.45) is 10.1. The zero-order valence-electron chi connectivity index (χ0n) is 10.8. The van der Waals surface area contributed by atoms with Gasteiger partial charge in [-0.2, -0.15) is 5.10 Å². The number of aromatic nitrogens is 2. The Morgan fingerprint density at radius 1 is 1.41 bits per heavy atom. The fourth-order valence-electron chi connectivity index (χ4n) is 2.88. The smallest absolute Gasteiger partial charge is 0.0959 e. The summed E-state index contributed by atoms with van der Waals surface area (Å²) in [5.41, 5.74) is 0.998. The van der Waals surface area contributed by atoms with Crippen molar-refractivity contribution in [3.63, 3.8) is 0 Å². The van der Waals surface area contributed by atoms with E-state index in [2.05, 4.69) is 12.0 Å². The summed E-state index contributed by atoms with van der Waals surface area (Å²) >= 11 is 0. The predicted octanol–water partition coefficient (Wildman–Crippen LogP) is 3.30. The molecule has 3 heteroatoms. The highest BCUT2D eigenvalue weighted by Crippen LogP contribution is 2.31. The van der Waals surface area contributed by atoms with Crippen LogP contribution in [-0.4, -0.2) is 14.9 Å². The summed E-state index contributed by atoms with van der Waals surface area (Å²) in [6.45, 7) is 3.04. The number of aliphatic hydroxyl groups is 1. The molecule has 0 bridgehead atoms. The van der Waals surface area contributed by atoms with Gasteiger partial charge in [0.05, 0.1) is 11.8 Å². The van der Waals surface area contributed by atoms with E-state index in [-0.39, 0.29) is 6.10 Å². The molecule has 1 aliphatic carbocycles. The minimum absolute atomic E-state index is 0.327. The highest BCUT2D eigenvalue weighted by atomic mass is 16.3. The molecule has 0 aromatic carbocycles. The number of hydrogen-bond donors (Lipinski definition) is 1. The van der Waals surface area contributed by atoms with Crippen LogP contribution < -0.4 is 0 Å². The van der Waals surface area contributed by atoms with Gasteiger partial charge in [-0.05, 0) is 24.8 Å². The Hall–Kier alpha value is -0.830. The summed E-state index contributed by atoms with van der Waals surface area (Å²) in [7, 11) is 0. The molecule has 1 unspecified atom stereocenters. The molecule has 1 aromatic heterocycles. The van der Waals surface area contributed by atoms with Crippen molar-refractivity contribution >= 4 is 0 Å². The number of aliphatic hydroxyl groups excluding tert-OH is 1. The molecule has 1 N–H and O–H groups in total. The summed E-state index contributed by atoms with van der Waals surface area (Å²) in [6, 6.07) is 1.96. The highest BCUT2D eigenvalue weighted by molar-refractivity contribution is 5.04. The van der Waals surface area contributed by atoms with E-state index < -0.39 is 0 Å². The molecule has 1 aliphatic rings. The third-order valence-corrected chi connectivity index (χ3v) is 3.81. The van der Waals surface area contributed by atoms with E-state index in [1.165, 1.54) is 32.1 Å². The molecule has 0 aliphatic heterocycles. The van der Waals surface area contributed by atoms with Crippen molar-refractivity contribution in [2.24, 2.45) is 5.92 Å². The molecule has 3 nitrogen and oxygen atoms in total. The zero-order valence-corrected chi connectivity index (χ0v) is 10.8. The molecule has 0 spiro atoms. The lowest BCUT2D eigenvalue weighted by Crippen LogP contribution is -2.14. The molecule has 1 saturated carbocycles. The number of hydrogen-bond acceptors (Lipinski definition) is 2. The van der Waals surface area contributed by atoms with Gasteiger partial charge >= 0.3 is 0 Å². The molecule has 2 rings (SSSR count). The van der Waals surface area contributed by atoms with Gasteiger partial charge in [0.2, 0.25) is 0 Å². The van der Waals surface area contributed by atoms with E-state index in [0.717, 1.165) is 25.1 Å². The first-order chi connectivity index (χ1) is 8.31. The van der Waals surface area contributed by atoms with E-state index in [1.807, 2.05) is 10.7 Å². The van der Waals surface area contributed by atoms with Gasteiger partial charge in [0, 0.05) is 12.7 Å². The molecule has 96 valence electrons. The van der Waals surface area contributed by atoms with Crippen LogP contribution in [0.15, 0.2) is 12.3 Å². The lowest BCUT2D eigenvalue weighted by molar-refractivity contribution is 0.122. The molecule has 17 heavy (non-hydrogen) atoms. The number of nitrogens with zero attached hydrogens (tertiary/aromatic N) is 2. The lowest BCUT2D eigenvalue weighted by atomic mass is 9.85. The minimum Gasteiger partial charge on any atom is -0.387 e. The first kappa shape index (κ1) is 12.6. The van der Waals surface area contributed by atoms with Gasteiger partial charge in [0.1, 0.15) is 0 Å². The first-order valence-electron chi connectivity index (χ1n) is 7.01. The summed E-state index contributed by atoms with van der Waals surface area (Å²) in [4.78, 5) is 0. The number of aryl methyl sites for hydroxylation is 1. The second kappa shape index (κ2) is 6.20. The van der Waals surface area contributed by atoms with Gasteiger partial charge in [0.15, 0.2) is 0 Å². The van der Waals surface area contributed by atoms with E-state index in [1.54, 1.807) is 6.20 Å². The van der Waals surface area contributed by atoms with Crippen LogP contribution in [-0.2, 0) is 6.54 Å². The van der Waals surface area contributed by atoms with Gasteiger partial charge in [0.25, 0.3) is 0 Å². The second-order valence-electron chi connectivity index (χ2n) is 5.23. The fourth-order valence-corrected chi connectivity index (χ4v) is 2.88. The SMILES string of the molecule is CCCn1nccc1C(O)CC1CCCCC1. The van der Waals surface area contributed by atoms with Crippen molar-refractivity contribution < 1.29 is 5.11 Å². The topological polar surface area (TPSA) is 38.0 Å². The van der Waals surface area contributed by atoms with Crippen molar-refractivity contribution in [2.75, 3.05) is 0 Å². The van der Waals surface area contributed by atoms with Crippen LogP contribution in [0.25, 0.3) is 0 Å². The molecule has 1 aromatic rings. The number of rotatable bonds is 5. The Kier molecular flexibility index (Phi) is 4.60. The Bertz CT molecular complexity index is 329. The molecule has 0 radical (unpaired) electrons. The van der Waals surface area contributed by atoms with Gasteiger partial charge < -0.3 is 5.11 Å². The van der Waals surface area contributed by atoms with E-state index >= 15 is 0 Å². The van der Waals surface area contributed by atoms with E-state index in [0.29, 0.717) is 5.92 Å². The molecule has 0 amide bonds. The zero-order chi connectivity index (χ0) is 12.1. The third-order valence-electron chi connectivity index (χ3n) is 3.81. The Balaban J connectivity index is 1.93. The quantitative estimate of drug-likeness (QED) is 0.851. The van der Waals surface area contributed by atoms with E-state index in [4.69, 9.17) is 0 Å². The van der Waals surface area contributed by atoms with Crippen LogP contribution in [0.4, 0.5) is 0 Å². The van der Waals surface area contributed by atoms with Crippen LogP contribution in [0.2, 0.25) is 0 Å². The molecule has 1 fully saturated rings. The standard InChI is InChI=1S/C14H24N2O/c1-2-10-16-13(8-9-15-16)14(17)11-12-6-4-3-5-7-12/h8-9,12,14,17H,2-7,10-11H2,1H3. The van der Waals surface area contributed by atoms with Gasteiger partial charge in [-0.3, -0.25) is 4.68 Å². The van der Waals surface area contributed by atoms with E-state index in [9.17, 15) is 5.11 Å². The van der Waals surface area contributed by atoms with Crippen LogP contribution in [0.3, 0.4) is 0 Å². The molecule has 1 heterocycles. The van der Waals surface area contributed by atoms with Gasteiger partial charge in [-0.25, -0.2) is 0 Å². The monoisotopic (exact) mass is 236 g/mol.